The van der Waals surface area contributed by atoms with E-state index < -0.39 is 11.8 Å². The maximum absolute atomic E-state index is 11.8. The molecule has 0 unspecified atom stereocenters. The summed E-state index contributed by atoms with van der Waals surface area (Å²) >= 11 is 5.84. The molecule has 0 heterocycles. The Bertz CT molecular complexity index is 1010. The Morgan fingerprint density at radius 2 is 1.69 bits per heavy atom. The number of benzene rings is 3. The minimum atomic E-state index is -0.885. The molecular weight excluding hydrogens is 390 g/mol. The molecule has 2 N–H and O–H groups in total. The first kappa shape index (κ1) is 20.1. The molecule has 3 aromatic rings. The SMILES string of the molecule is O=C(N/N=C/c1ccc(OCc2ccccc2)cc1)C(=O)Nc1cccc(Cl)c1. The molecule has 0 fully saturated rings. The molecule has 0 aromatic heterocycles. The second kappa shape index (κ2) is 10.1. The number of rotatable bonds is 6. The number of carbonyl (C=O) groups excluding carboxylic acids is 2. The normalized spacial score (nSPS) is 10.5. The van der Waals surface area contributed by atoms with Gasteiger partial charge in [-0.25, -0.2) is 5.43 Å². The Labute approximate surface area is 173 Å². The van der Waals surface area contributed by atoms with E-state index in [1.165, 1.54) is 12.3 Å². The van der Waals surface area contributed by atoms with Crippen LogP contribution in [-0.4, -0.2) is 18.0 Å². The van der Waals surface area contributed by atoms with E-state index in [0.29, 0.717) is 17.3 Å². The van der Waals surface area contributed by atoms with Crippen LogP contribution in [0.1, 0.15) is 11.1 Å². The van der Waals surface area contributed by atoms with Gasteiger partial charge in [0.15, 0.2) is 0 Å². The Balaban J connectivity index is 1.47. The molecule has 0 aliphatic rings. The highest BCUT2D eigenvalue weighted by Crippen LogP contribution is 2.15. The van der Waals surface area contributed by atoms with Crippen molar-refractivity contribution in [2.24, 2.45) is 5.10 Å². The monoisotopic (exact) mass is 407 g/mol. The highest BCUT2D eigenvalue weighted by Gasteiger charge is 2.12. The molecule has 29 heavy (non-hydrogen) atoms. The average molecular weight is 408 g/mol. The summed E-state index contributed by atoms with van der Waals surface area (Å²) in [4.78, 5) is 23.6. The van der Waals surface area contributed by atoms with E-state index >= 15 is 0 Å². The third-order valence-corrected chi connectivity index (χ3v) is 4.03. The Morgan fingerprint density at radius 1 is 0.931 bits per heavy atom. The standard InChI is InChI=1S/C22H18ClN3O3/c23-18-7-4-8-19(13-18)25-21(27)22(28)26-24-14-16-9-11-20(12-10-16)29-15-17-5-2-1-3-6-17/h1-14H,15H2,(H,25,27)(H,26,28)/b24-14+. The van der Waals surface area contributed by atoms with Gasteiger partial charge < -0.3 is 10.1 Å². The smallest absolute Gasteiger partial charge is 0.329 e. The van der Waals surface area contributed by atoms with Crippen molar-refractivity contribution in [2.45, 2.75) is 6.61 Å². The Morgan fingerprint density at radius 3 is 2.41 bits per heavy atom. The van der Waals surface area contributed by atoms with E-state index in [1.807, 2.05) is 30.3 Å². The predicted molar refractivity (Wildman–Crippen MR) is 113 cm³/mol. The van der Waals surface area contributed by atoms with Crippen molar-refractivity contribution in [3.05, 3.63) is 95.0 Å². The van der Waals surface area contributed by atoms with Gasteiger partial charge in [-0.3, -0.25) is 9.59 Å². The Kier molecular flexibility index (Phi) is 6.97. The molecule has 0 saturated heterocycles. The molecule has 0 saturated carbocycles. The van der Waals surface area contributed by atoms with Crippen LogP contribution in [0.2, 0.25) is 5.02 Å². The van der Waals surface area contributed by atoms with Crippen molar-refractivity contribution in [1.82, 2.24) is 5.43 Å². The van der Waals surface area contributed by atoms with Gasteiger partial charge in [0, 0.05) is 10.7 Å². The number of halogens is 1. The van der Waals surface area contributed by atoms with E-state index in [1.54, 1.807) is 42.5 Å². The van der Waals surface area contributed by atoms with E-state index in [2.05, 4.69) is 15.8 Å². The summed E-state index contributed by atoms with van der Waals surface area (Å²) in [7, 11) is 0. The molecule has 0 radical (unpaired) electrons. The maximum atomic E-state index is 11.8. The minimum absolute atomic E-state index is 0.424. The van der Waals surface area contributed by atoms with Gasteiger partial charge in [0.25, 0.3) is 0 Å². The highest BCUT2D eigenvalue weighted by atomic mass is 35.5. The summed E-state index contributed by atoms with van der Waals surface area (Å²) in [5.41, 5.74) is 4.43. The van der Waals surface area contributed by atoms with Gasteiger partial charge in [-0.1, -0.05) is 48.0 Å². The number of nitrogens with one attached hydrogen (secondary N) is 2. The first-order valence-electron chi connectivity index (χ1n) is 8.77. The third-order valence-electron chi connectivity index (χ3n) is 3.80. The molecular formula is C22H18ClN3O3. The second-order valence-electron chi connectivity index (χ2n) is 6.01. The molecule has 0 bridgehead atoms. The summed E-state index contributed by atoms with van der Waals surface area (Å²) in [6, 6.07) is 23.6. The quantitative estimate of drug-likeness (QED) is 0.368. The van der Waals surface area contributed by atoms with Crippen LogP contribution >= 0.6 is 11.6 Å². The number of ether oxygens (including phenoxy) is 1. The van der Waals surface area contributed by atoms with Crippen molar-refractivity contribution in [3.63, 3.8) is 0 Å². The summed E-state index contributed by atoms with van der Waals surface area (Å²) < 4.78 is 5.71. The van der Waals surface area contributed by atoms with Crippen LogP contribution in [0.3, 0.4) is 0 Å². The lowest BCUT2D eigenvalue weighted by Crippen LogP contribution is -2.32. The van der Waals surface area contributed by atoms with Gasteiger partial charge in [-0.15, -0.1) is 0 Å². The molecule has 0 atom stereocenters. The van der Waals surface area contributed by atoms with Gasteiger partial charge in [0.2, 0.25) is 0 Å². The number of hydrogen-bond donors (Lipinski definition) is 2. The molecule has 7 heteroatoms. The fourth-order valence-corrected chi connectivity index (χ4v) is 2.55. The topological polar surface area (TPSA) is 79.8 Å². The number of hydrogen-bond acceptors (Lipinski definition) is 4. The van der Waals surface area contributed by atoms with E-state index in [0.717, 1.165) is 16.9 Å². The molecule has 6 nitrogen and oxygen atoms in total. The molecule has 0 aliphatic carbocycles. The van der Waals surface area contributed by atoms with Gasteiger partial charge in [0.1, 0.15) is 12.4 Å². The van der Waals surface area contributed by atoms with Crippen LogP contribution in [0.5, 0.6) is 5.75 Å². The zero-order valence-corrected chi connectivity index (χ0v) is 16.1. The summed E-state index contributed by atoms with van der Waals surface area (Å²) in [6.07, 6.45) is 1.44. The zero-order valence-electron chi connectivity index (χ0n) is 15.3. The summed E-state index contributed by atoms with van der Waals surface area (Å²) in [5.74, 6) is -1.01. The first-order chi connectivity index (χ1) is 14.1. The lowest BCUT2D eigenvalue weighted by molar-refractivity contribution is -0.136. The van der Waals surface area contributed by atoms with Crippen LogP contribution in [0.15, 0.2) is 84.0 Å². The number of amides is 2. The van der Waals surface area contributed by atoms with Crippen LogP contribution in [-0.2, 0) is 16.2 Å². The first-order valence-corrected chi connectivity index (χ1v) is 9.15. The number of hydrazone groups is 1. The van der Waals surface area contributed by atoms with E-state index in [-0.39, 0.29) is 0 Å². The van der Waals surface area contributed by atoms with Crippen molar-refractivity contribution >= 4 is 35.3 Å². The zero-order chi connectivity index (χ0) is 20.5. The van der Waals surface area contributed by atoms with Crippen LogP contribution < -0.4 is 15.5 Å². The maximum Gasteiger partial charge on any atom is 0.329 e. The van der Waals surface area contributed by atoms with E-state index in [9.17, 15) is 9.59 Å². The molecule has 146 valence electrons. The fraction of sp³-hybridized carbons (Fsp3) is 0.0455. The van der Waals surface area contributed by atoms with Crippen molar-refractivity contribution in [2.75, 3.05) is 5.32 Å². The van der Waals surface area contributed by atoms with Crippen molar-refractivity contribution in [1.29, 1.82) is 0 Å². The minimum Gasteiger partial charge on any atom is -0.489 e. The van der Waals surface area contributed by atoms with Crippen molar-refractivity contribution < 1.29 is 14.3 Å². The van der Waals surface area contributed by atoms with Gasteiger partial charge in [-0.05, 0) is 53.6 Å². The Hall–Kier alpha value is -3.64. The largest absolute Gasteiger partial charge is 0.489 e. The van der Waals surface area contributed by atoms with Gasteiger partial charge in [-0.2, -0.15) is 5.10 Å². The average Bonchev–Trinajstić information content (AvgIpc) is 2.74. The van der Waals surface area contributed by atoms with Crippen molar-refractivity contribution in [3.8, 4) is 5.75 Å². The highest BCUT2D eigenvalue weighted by molar-refractivity contribution is 6.39. The number of carbonyl (C=O) groups is 2. The number of anilines is 1. The van der Waals surface area contributed by atoms with E-state index in [4.69, 9.17) is 16.3 Å². The van der Waals surface area contributed by atoms with Crippen LogP contribution in [0.4, 0.5) is 5.69 Å². The molecule has 0 spiro atoms. The predicted octanol–water partition coefficient (Wildman–Crippen LogP) is 4.01. The lowest BCUT2D eigenvalue weighted by atomic mass is 10.2. The molecule has 2 amide bonds. The summed E-state index contributed by atoms with van der Waals surface area (Å²) in [6.45, 7) is 0.478. The molecule has 3 aromatic carbocycles. The van der Waals surface area contributed by atoms with Crippen LogP contribution in [0, 0.1) is 0 Å². The molecule has 3 rings (SSSR count). The van der Waals surface area contributed by atoms with Gasteiger partial charge >= 0.3 is 11.8 Å². The third kappa shape index (κ3) is 6.48. The summed E-state index contributed by atoms with van der Waals surface area (Å²) in [5, 5.41) is 6.69. The van der Waals surface area contributed by atoms with Crippen LogP contribution in [0.25, 0.3) is 0 Å². The molecule has 0 aliphatic heterocycles. The number of nitrogens with zero attached hydrogens (tertiary/aromatic N) is 1. The second-order valence-corrected chi connectivity index (χ2v) is 6.44. The fourth-order valence-electron chi connectivity index (χ4n) is 2.36. The van der Waals surface area contributed by atoms with Gasteiger partial charge in [0.05, 0.1) is 6.21 Å². The lowest BCUT2D eigenvalue weighted by Gasteiger charge is -2.06.